The summed E-state index contributed by atoms with van der Waals surface area (Å²) in [6.45, 7) is 0. The van der Waals surface area contributed by atoms with Crippen molar-refractivity contribution in [3.8, 4) is 22.5 Å². The van der Waals surface area contributed by atoms with Crippen molar-refractivity contribution in [2.24, 2.45) is 10.8 Å². The van der Waals surface area contributed by atoms with E-state index >= 15 is 0 Å². The maximum Gasteiger partial charge on any atom is 0.184 e. The molecule has 114 valence electrons. The zero-order valence-corrected chi connectivity index (χ0v) is 13.2. The normalized spacial score (nSPS) is 10.8. The first-order chi connectivity index (χ1) is 11.2. The summed E-state index contributed by atoms with van der Waals surface area (Å²) in [6.07, 6.45) is 1.71. The van der Waals surface area contributed by atoms with Crippen LogP contribution in [0.3, 0.4) is 0 Å². The SMILES string of the molecule is NC(=S)N/N=C/c1cc(-c2ccccc2)[nH]c1-c1ccccc1. The van der Waals surface area contributed by atoms with Gasteiger partial charge in [-0.25, -0.2) is 0 Å². The molecule has 3 rings (SSSR count). The Morgan fingerprint density at radius 3 is 2.22 bits per heavy atom. The number of aromatic nitrogens is 1. The van der Waals surface area contributed by atoms with E-state index in [9.17, 15) is 0 Å². The number of benzene rings is 2. The predicted octanol–water partition coefficient (Wildman–Crippen LogP) is 3.52. The minimum absolute atomic E-state index is 0.140. The van der Waals surface area contributed by atoms with Gasteiger partial charge in [0, 0.05) is 11.3 Å². The van der Waals surface area contributed by atoms with Gasteiger partial charge in [-0.1, -0.05) is 60.7 Å². The van der Waals surface area contributed by atoms with Gasteiger partial charge in [0.15, 0.2) is 5.11 Å². The van der Waals surface area contributed by atoms with Crippen LogP contribution in [0.2, 0.25) is 0 Å². The smallest absolute Gasteiger partial charge is 0.184 e. The van der Waals surface area contributed by atoms with E-state index in [2.05, 4.69) is 45.8 Å². The molecule has 5 heteroatoms. The van der Waals surface area contributed by atoms with Gasteiger partial charge in [0.1, 0.15) is 0 Å². The van der Waals surface area contributed by atoms with Crippen LogP contribution in [0.4, 0.5) is 0 Å². The van der Waals surface area contributed by atoms with Gasteiger partial charge in [-0.3, -0.25) is 5.43 Å². The van der Waals surface area contributed by atoms with E-state index in [1.807, 2.05) is 36.4 Å². The van der Waals surface area contributed by atoms with Crippen LogP contribution in [0.15, 0.2) is 71.8 Å². The zero-order chi connectivity index (χ0) is 16.1. The van der Waals surface area contributed by atoms with Crippen molar-refractivity contribution < 1.29 is 0 Å². The molecule has 0 aliphatic carbocycles. The fraction of sp³-hybridized carbons (Fsp3) is 0. The molecule has 0 unspecified atom stereocenters. The Labute approximate surface area is 140 Å². The van der Waals surface area contributed by atoms with Gasteiger partial charge >= 0.3 is 0 Å². The van der Waals surface area contributed by atoms with Crippen molar-refractivity contribution in [1.82, 2.24) is 10.4 Å². The average molecular weight is 320 g/mol. The van der Waals surface area contributed by atoms with E-state index in [-0.39, 0.29) is 5.11 Å². The third-order valence-corrected chi connectivity index (χ3v) is 3.47. The van der Waals surface area contributed by atoms with Crippen LogP contribution in [-0.2, 0) is 0 Å². The van der Waals surface area contributed by atoms with Gasteiger partial charge in [-0.15, -0.1) is 0 Å². The van der Waals surface area contributed by atoms with Gasteiger partial charge in [0.25, 0.3) is 0 Å². The molecule has 4 N–H and O–H groups in total. The van der Waals surface area contributed by atoms with Crippen LogP contribution >= 0.6 is 12.2 Å². The highest BCUT2D eigenvalue weighted by molar-refractivity contribution is 7.80. The van der Waals surface area contributed by atoms with Crippen molar-refractivity contribution in [3.63, 3.8) is 0 Å². The molecule has 0 fully saturated rings. The fourth-order valence-electron chi connectivity index (χ4n) is 2.35. The van der Waals surface area contributed by atoms with Crippen LogP contribution in [0.25, 0.3) is 22.5 Å². The first-order valence-corrected chi connectivity index (χ1v) is 7.57. The molecule has 2 aromatic carbocycles. The monoisotopic (exact) mass is 320 g/mol. The molecule has 3 aromatic rings. The van der Waals surface area contributed by atoms with Crippen molar-refractivity contribution in [2.45, 2.75) is 0 Å². The molecule has 1 heterocycles. The van der Waals surface area contributed by atoms with Crippen LogP contribution in [0, 0.1) is 0 Å². The molecule has 0 radical (unpaired) electrons. The highest BCUT2D eigenvalue weighted by atomic mass is 32.1. The summed E-state index contributed by atoms with van der Waals surface area (Å²) in [7, 11) is 0. The van der Waals surface area contributed by atoms with E-state index in [0.29, 0.717) is 0 Å². The number of hydrogen-bond donors (Lipinski definition) is 3. The van der Waals surface area contributed by atoms with Crippen LogP contribution in [0.5, 0.6) is 0 Å². The summed E-state index contributed by atoms with van der Waals surface area (Å²) in [5.41, 5.74) is 13.2. The quantitative estimate of drug-likeness (QED) is 0.391. The number of nitrogens with zero attached hydrogens (tertiary/aromatic N) is 1. The van der Waals surface area contributed by atoms with E-state index < -0.39 is 0 Å². The van der Waals surface area contributed by atoms with E-state index in [1.165, 1.54) is 0 Å². The number of aromatic amines is 1. The zero-order valence-electron chi connectivity index (χ0n) is 12.4. The molecule has 0 atom stereocenters. The summed E-state index contributed by atoms with van der Waals surface area (Å²) >= 11 is 4.76. The van der Waals surface area contributed by atoms with Crippen LogP contribution < -0.4 is 11.2 Å². The summed E-state index contributed by atoms with van der Waals surface area (Å²) in [6, 6.07) is 22.3. The Bertz CT molecular complexity index is 823. The minimum atomic E-state index is 0.140. The summed E-state index contributed by atoms with van der Waals surface area (Å²) in [4.78, 5) is 3.47. The van der Waals surface area contributed by atoms with Crippen molar-refractivity contribution in [1.29, 1.82) is 0 Å². The average Bonchev–Trinajstić information content (AvgIpc) is 3.00. The summed E-state index contributed by atoms with van der Waals surface area (Å²) in [5.74, 6) is 0. The van der Waals surface area contributed by atoms with Crippen LogP contribution in [-0.4, -0.2) is 16.3 Å². The van der Waals surface area contributed by atoms with Gasteiger partial charge in [0.2, 0.25) is 0 Å². The predicted molar refractivity (Wildman–Crippen MR) is 99.2 cm³/mol. The standard InChI is InChI=1S/C18H16N4S/c19-18(23)22-20-12-15-11-16(13-7-3-1-4-8-13)21-17(15)14-9-5-2-6-10-14/h1-12,21H,(H3,19,22,23)/b20-12+. The van der Waals surface area contributed by atoms with Crippen LogP contribution in [0.1, 0.15) is 5.56 Å². The van der Waals surface area contributed by atoms with Gasteiger partial charge < -0.3 is 10.7 Å². The van der Waals surface area contributed by atoms with Gasteiger partial charge in [-0.2, -0.15) is 5.10 Å². The lowest BCUT2D eigenvalue weighted by Crippen LogP contribution is -2.23. The topological polar surface area (TPSA) is 66.2 Å². The third kappa shape index (κ3) is 3.64. The second-order valence-corrected chi connectivity index (χ2v) is 5.42. The van der Waals surface area contributed by atoms with Crippen molar-refractivity contribution in [2.75, 3.05) is 0 Å². The molecule has 0 saturated carbocycles. The summed E-state index contributed by atoms with van der Waals surface area (Å²) in [5, 5.41) is 4.21. The molecular weight excluding hydrogens is 304 g/mol. The maximum absolute atomic E-state index is 5.40. The van der Waals surface area contributed by atoms with Gasteiger partial charge in [0.05, 0.1) is 11.9 Å². The Kier molecular flexibility index (Phi) is 4.49. The summed E-state index contributed by atoms with van der Waals surface area (Å²) < 4.78 is 0. The largest absolute Gasteiger partial charge is 0.375 e. The number of nitrogens with one attached hydrogen (secondary N) is 2. The fourth-order valence-corrected chi connectivity index (χ4v) is 2.41. The highest BCUT2D eigenvalue weighted by Gasteiger charge is 2.10. The highest BCUT2D eigenvalue weighted by Crippen LogP contribution is 2.27. The third-order valence-electron chi connectivity index (χ3n) is 3.37. The Hall–Kier alpha value is -2.92. The number of rotatable bonds is 4. The molecule has 1 aromatic heterocycles. The van der Waals surface area contributed by atoms with E-state index in [0.717, 1.165) is 28.1 Å². The minimum Gasteiger partial charge on any atom is -0.375 e. The second kappa shape index (κ2) is 6.89. The number of nitrogens with two attached hydrogens (primary N) is 1. The maximum atomic E-state index is 5.40. The van der Waals surface area contributed by atoms with Crippen molar-refractivity contribution >= 4 is 23.5 Å². The molecule has 4 nitrogen and oxygen atoms in total. The van der Waals surface area contributed by atoms with E-state index in [4.69, 9.17) is 18.0 Å². The lowest BCUT2D eigenvalue weighted by atomic mass is 10.1. The Balaban J connectivity index is 2.03. The first-order valence-electron chi connectivity index (χ1n) is 7.16. The number of thiocarbonyl (C=S) groups is 1. The molecule has 23 heavy (non-hydrogen) atoms. The number of hydrogen-bond acceptors (Lipinski definition) is 2. The lowest BCUT2D eigenvalue weighted by Gasteiger charge is -2.01. The van der Waals surface area contributed by atoms with Crippen molar-refractivity contribution in [3.05, 3.63) is 72.3 Å². The second-order valence-electron chi connectivity index (χ2n) is 4.98. The first kappa shape index (κ1) is 15.0. The molecule has 0 spiro atoms. The Morgan fingerprint density at radius 1 is 1.00 bits per heavy atom. The Morgan fingerprint density at radius 2 is 1.61 bits per heavy atom. The number of hydrazone groups is 1. The molecular formula is C18H16N4S. The molecule has 0 aliphatic heterocycles. The molecule has 0 saturated heterocycles. The molecule has 0 aliphatic rings. The van der Waals surface area contributed by atoms with E-state index in [1.54, 1.807) is 6.21 Å². The number of H-pyrrole nitrogens is 1. The molecule has 0 bridgehead atoms. The molecule has 0 amide bonds. The van der Waals surface area contributed by atoms with Gasteiger partial charge in [-0.05, 0) is 29.4 Å². The lowest BCUT2D eigenvalue weighted by molar-refractivity contribution is 1.04.